The van der Waals surface area contributed by atoms with E-state index in [-0.39, 0.29) is 18.1 Å². The third-order valence-electron chi connectivity index (χ3n) is 5.39. The Balaban J connectivity index is 1.70. The predicted molar refractivity (Wildman–Crippen MR) is 157 cm³/mol. The Hall–Kier alpha value is -2.39. The van der Waals surface area contributed by atoms with Crippen molar-refractivity contribution >= 4 is 72.2 Å². The molecule has 4 aromatic rings. The molecule has 37 heavy (non-hydrogen) atoms. The summed E-state index contributed by atoms with van der Waals surface area (Å²) in [7, 11) is 0. The van der Waals surface area contributed by atoms with Gasteiger partial charge < -0.3 is 9.47 Å². The summed E-state index contributed by atoms with van der Waals surface area (Å²) in [5.41, 5.74) is 1.90. The first kappa shape index (κ1) is 27.6. The number of benzene rings is 3. The molecule has 0 N–H and O–H groups in total. The molecule has 0 bridgehead atoms. The molecule has 3 aromatic carbocycles. The number of ether oxygens (including phenoxy) is 2. The molecule has 0 radical (unpaired) electrons. The van der Waals surface area contributed by atoms with E-state index in [1.54, 1.807) is 24.4 Å². The summed E-state index contributed by atoms with van der Waals surface area (Å²) in [5.74, 6) is 1.61. The van der Waals surface area contributed by atoms with Crippen LogP contribution >= 0.6 is 55.1 Å². The van der Waals surface area contributed by atoms with Gasteiger partial charge in [0.1, 0.15) is 12.4 Å². The lowest BCUT2D eigenvalue weighted by Crippen LogP contribution is -2.23. The fourth-order valence-corrected chi connectivity index (χ4v) is 5.03. The molecule has 0 atom stereocenters. The summed E-state index contributed by atoms with van der Waals surface area (Å²) in [4.78, 5) is 18.0. The fourth-order valence-electron chi connectivity index (χ4n) is 3.63. The molecule has 1 aromatic heterocycles. The van der Waals surface area contributed by atoms with Crippen LogP contribution in [0.4, 0.5) is 0 Å². The van der Waals surface area contributed by atoms with Gasteiger partial charge in [-0.25, -0.2) is 4.98 Å². The highest BCUT2D eigenvalue weighted by atomic mass is 79.9. The van der Waals surface area contributed by atoms with Gasteiger partial charge >= 0.3 is 0 Å². The molecule has 0 aliphatic carbocycles. The first-order valence-electron chi connectivity index (χ1n) is 11.5. The van der Waals surface area contributed by atoms with E-state index in [1.807, 2.05) is 51.1 Å². The zero-order valence-electron chi connectivity index (χ0n) is 20.3. The van der Waals surface area contributed by atoms with E-state index in [0.717, 1.165) is 10.0 Å². The van der Waals surface area contributed by atoms with Crippen LogP contribution in [0.1, 0.15) is 43.6 Å². The van der Waals surface area contributed by atoms with Crippen LogP contribution in [0, 0.1) is 0 Å². The van der Waals surface area contributed by atoms with Crippen LogP contribution in [0.25, 0.3) is 10.9 Å². The van der Waals surface area contributed by atoms with Crippen molar-refractivity contribution in [1.82, 2.24) is 9.66 Å². The maximum atomic E-state index is 13.3. The molecule has 0 amide bonds. The van der Waals surface area contributed by atoms with Gasteiger partial charge in [-0.2, -0.15) is 9.78 Å². The van der Waals surface area contributed by atoms with Crippen molar-refractivity contribution in [2.45, 2.75) is 33.3 Å². The van der Waals surface area contributed by atoms with Gasteiger partial charge in [-0.05, 0) is 70.9 Å². The Morgan fingerprint density at radius 2 is 1.86 bits per heavy atom. The second-order valence-electron chi connectivity index (χ2n) is 8.44. The van der Waals surface area contributed by atoms with Gasteiger partial charge in [0.15, 0.2) is 11.5 Å². The summed E-state index contributed by atoms with van der Waals surface area (Å²) in [6.45, 7) is 6.50. The first-order chi connectivity index (χ1) is 17.7. The standard InChI is InChI=1S/C27H23Br2Cl2N3O3/c1-4-36-24-10-16(9-21(29)25(24)37-14-17-5-7-19(30)12-22(17)31)13-32-34-26(15(2)3)33-23-8-6-18(28)11-20(23)27(34)35/h5-13,15H,4,14H2,1-3H3. The van der Waals surface area contributed by atoms with Crippen molar-refractivity contribution in [3.05, 3.63) is 94.8 Å². The number of aromatic nitrogens is 2. The molecular weight excluding hydrogens is 645 g/mol. The van der Waals surface area contributed by atoms with Crippen LogP contribution in [0.2, 0.25) is 10.0 Å². The van der Waals surface area contributed by atoms with E-state index >= 15 is 0 Å². The van der Waals surface area contributed by atoms with E-state index in [1.165, 1.54) is 4.68 Å². The largest absolute Gasteiger partial charge is 0.490 e. The van der Waals surface area contributed by atoms with Gasteiger partial charge in [-0.15, -0.1) is 0 Å². The minimum absolute atomic E-state index is 0.0147. The van der Waals surface area contributed by atoms with Crippen molar-refractivity contribution in [2.75, 3.05) is 6.61 Å². The molecule has 6 nitrogen and oxygen atoms in total. The summed E-state index contributed by atoms with van der Waals surface area (Å²) in [6, 6.07) is 14.3. The minimum atomic E-state index is -0.241. The predicted octanol–water partition coefficient (Wildman–Crippen LogP) is 8.21. The van der Waals surface area contributed by atoms with Crippen LogP contribution in [-0.4, -0.2) is 22.5 Å². The second-order valence-corrected chi connectivity index (χ2v) is 11.0. The monoisotopic (exact) mass is 665 g/mol. The molecule has 0 saturated carbocycles. The molecule has 0 spiro atoms. The average molecular weight is 668 g/mol. The van der Waals surface area contributed by atoms with E-state index in [4.69, 9.17) is 32.7 Å². The third kappa shape index (κ3) is 6.37. The molecular formula is C27H23Br2Cl2N3O3. The van der Waals surface area contributed by atoms with E-state index in [0.29, 0.717) is 54.9 Å². The van der Waals surface area contributed by atoms with E-state index in [9.17, 15) is 4.79 Å². The number of halogens is 4. The van der Waals surface area contributed by atoms with Crippen LogP contribution < -0.4 is 15.0 Å². The summed E-state index contributed by atoms with van der Waals surface area (Å²) in [5, 5.41) is 6.08. The van der Waals surface area contributed by atoms with Crippen molar-refractivity contribution in [1.29, 1.82) is 0 Å². The van der Waals surface area contributed by atoms with Crippen molar-refractivity contribution in [3.8, 4) is 11.5 Å². The molecule has 1 heterocycles. The number of rotatable bonds is 8. The Bertz CT molecular complexity index is 1550. The third-order valence-corrected chi connectivity index (χ3v) is 7.06. The SMILES string of the molecule is CCOc1cc(C=Nn2c(C(C)C)nc3ccc(Br)cc3c2=O)cc(Br)c1OCc1ccc(Cl)cc1Cl. The highest BCUT2D eigenvalue weighted by Crippen LogP contribution is 2.37. The van der Waals surface area contributed by atoms with Crippen molar-refractivity contribution in [2.24, 2.45) is 5.10 Å². The summed E-state index contributed by atoms with van der Waals surface area (Å²) in [6.07, 6.45) is 1.60. The molecule has 0 unspecified atom stereocenters. The minimum Gasteiger partial charge on any atom is -0.490 e. The quantitative estimate of drug-likeness (QED) is 0.178. The number of nitrogens with zero attached hydrogens (tertiary/aromatic N) is 3. The van der Waals surface area contributed by atoms with Gasteiger partial charge in [0.25, 0.3) is 5.56 Å². The molecule has 4 rings (SSSR count). The lowest BCUT2D eigenvalue weighted by molar-refractivity contribution is 0.267. The maximum absolute atomic E-state index is 13.3. The first-order valence-corrected chi connectivity index (χ1v) is 13.8. The van der Waals surface area contributed by atoms with Gasteiger partial charge in [-0.1, -0.05) is 59.0 Å². The Labute approximate surface area is 241 Å². The number of hydrogen-bond acceptors (Lipinski definition) is 5. The van der Waals surface area contributed by atoms with Crippen molar-refractivity contribution < 1.29 is 9.47 Å². The maximum Gasteiger partial charge on any atom is 0.282 e. The van der Waals surface area contributed by atoms with E-state index in [2.05, 4.69) is 41.9 Å². The summed E-state index contributed by atoms with van der Waals surface area (Å²) < 4.78 is 14.7. The van der Waals surface area contributed by atoms with Gasteiger partial charge in [0.05, 0.1) is 28.2 Å². The normalized spacial score (nSPS) is 11.6. The van der Waals surface area contributed by atoms with Gasteiger partial charge in [-0.3, -0.25) is 4.79 Å². The van der Waals surface area contributed by atoms with Gasteiger partial charge in [0.2, 0.25) is 0 Å². The average Bonchev–Trinajstić information content (AvgIpc) is 2.84. The van der Waals surface area contributed by atoms with E-state index < -0.39 is 0 Å². The summed E-state index contributed by atoms with van der Waals surface area (Å²) >= 11 is 19.3. The molecule has 10 heteroatoms. The van der Waals surface area contributed by atoms with Crippen LogP contribution in [-0.2, 0) is 6.61 Å². The second kappa shape index (κ2) is 12.0. The highest BCUT2D eigenvalue weighted by Gasteiger charge is 2.16. The highest BCUT2D eigenvalue weighted by molar-refractivity contribution is 9.10. The number of hydrogen-bond donors (Lipinski definition) is 0. The lowest BCUT2D eigenvalue weighted by Gasteiger charge is -2.15. The van der Waals surface area contributed by atoms with Crippen LogP contribution in [0.3, 0.4) is 0 Å². The molecule has 0 aliphatic rings. The zero-order valence-corrected chi connectivity index (χ0v) is 24.9. The van der Waals surface area contributed by atoms with Crippen molar-refractivity contribution in [3.63, 3.8) is 0 Å². The van der Waals surface area contributed by atoms with Crippen LogP contribution in [0.15, 0.2) is 67.4 Å². The lowest BCUT2D eigenvalue weighted by atomic mass is 10.2. The van der Waals surface area contributed by atoms with Gasteiger partial charge in [0, 0.05) is 26.0 Å². The molecule has 192 valence electrons. The topological polar surface area (TPSA) is 65.7 Å². The molecule has 0 aliphatic heterocycles. The molecule has 0 saturated heterocycles. The number of fused-ring (bicyclic) bond motifs is 1. The smallest absolute Gasteiger partial charge is 0.282 e. The molecule has 0 fully saturated rings. The Kier molecular flexibility index (Phi) is 8.95. The fraction of sp³-hybridized carbons (Fsp3) is 0.222. The van der Waals surface area contributed by atoms with Crippen LogP contribution in [0.5, 0.6) is 11.5 Å². The Morgan fingerprint density at radius 1 is 1.08 bits per heavy atom. The zero-order chi connectivity index (χ0) is 26.7. The Morgan fingerprint density at radius 3 is 2.57 bits per heavy atom.